The van der Waals surface area contributed by atoms with Gasteiger partial charge >= 0.3 is 0 Å². The highest BCUT2D eigenvalue weighted by molar-refractivity contribution is 7.89. The van der Waals surface area contributed by atoms with Gasteiger partial charge in [-0.1, -0.05) is 0 Å². The quantitative estimate of drug-likeness (QED) is 0.820. The first-order valence-electron chi connectivity index (χ1n) is 9.13. The van der Waals surface area contributed by atoms with E-state index in [0.29, 0.717) is 31.2 Å². The number of hydrogen-bond donors (Lipinski definition) is 1. The minimum atomic E-state index is -3.74. The minimum Gasteiger partial charge on any atom is -0.342 e. The summed E-state index contributed by atoms with van der Waals surface area (Å²) in [6.45, 7) is 4.81. The number of benzene rings is 1. The molecule has 1 amide bonds. The Labute approximate surface area is 162 Å². The monoisotopic (exact) mass is 407 g/mol. The van der Waals surface area contributed by atoms with Gasteiger partial charge in [-0.3, -0.25) is 9.89 Å². The van der Waals surface area contributed by atoms with Crippen LogP contribution in [-0.4, -0.2) is 64.9 Å². The predicted molar refractivity (Wildman–Crippen MR) is 98.3 cm³/mol. The molecular formula is C18H22FN5O3S. The number of sulfonamides is 1. The number of hydrogen-bond acceptors (Lipinski definition) is 5. The molecule has 2 fully saturated rings. The molecule has 2 atom stereocenters. The molecule has 2 aliphatic heterocycles. The lowest BCUT2D eigenvalue weighted by Crippen LogP contribution is -2.51. The van der Waals surface area contributed by atoms with Gasteiger partial charge in [0.25, 0.3) is 0 Å². The average Bonchev–Trinajstić information content (AvgIpc) is 3.26. The second-order valence-corrected chi connectivity index (χ2v) is 9.50. The molecule has 0 spiro atoms. The van der Waals surface area contributed by atoms with E-state index in [1.165, 1.54) is 23.4 Å². The summed E-state index contributed by atoms with van der Waals surface area (Å²) >= 11 is 0. The van der Waals surface area contributed by atoms with Gasteiger partial charge in [-0.05, 0) is 37.6 Å². The van der Waals surface area contributed by atoms with Crippen molar-refractivity contribution in [1.82, 2.24) is 24.4 Å². The number of halogens is 1. The maximum absolute atomic E-state index is 13.2. The van der Waals surface area contributed by atoms with Gasteiger partial charge in [0.05, 0.1) is 10.3 Å². The predicted octanol–water partition coefficient (Wildman–Crippen LogP) is 1.06. The second kappa shape index (κ2) is 6.63. The summed E-state index contributed by atoms with van der Waals surface area (Å²) in [6.07, 6.45) is 0.513. The van der Waals surface area contributed by atoms with Crippen molar-refractivity contribution < 1.29 is 17.6 Å². The number of carbonyl (C=O) groups excluding carboxylic acids is 1. The van der Waals surface area contributed by atoms with Crippen LogP contribution in [-0.2, 0) is 20.2 Å². The zero-order valence-electron chi connectivity index (χ0n) is 15.7. The van der Waals surface area contributed by atoms with E-state index in [0.717, 1.165) is 12.1 Å². The molecule has 4 rings (SSSR count). The lowest BCUT2D eigenvalue weighted by molar-refractivity contribution is -0.128. The summed E-state index contributed by atoms with van der Waals surface area (Å²) in [6, 6.07) is 4.85. The third kappa shape index (κ3) is 3.00. The number of aromatic amines is 1. The Bertz CT molecular complexity index is 1010. The molecule has 1 N–H and O–H groups in total. The minimum absolute atomic E-state index is 0.0472. The highest BCUT2D eigenvalue weighted by Gasteiger charge is 2.55. The van der Waals surface area contributed by atoms with Crippen LogP contribution in [0, 0.1) is 18.7 Å². The van der Waals surface area contributed by atoms with E-state index >= 15 is 0 Å². The summed E-state index contributed by atoms with van der Waals surface area (Å²) in [4.78, 5) is 18.3. The summed E-state index contributed by atoms with van der Waals surface area (Å²) in [7, 11) is -3.74. The van der Waals surface area contributed by atoms with Crippen LogP contribution in [0.25, 0.3) is 0 Å². The molecule has 1 aromatic carbocycles. The lowest BCUT2D eigenvalue weighted by Gasteiger charge is -2.40. The normalized spacial score (nSPS) is 25.7. The largest absolute Gasteiger partial charge is 0.342 e. The van der Waals surface area contributed by atoms with Crippen molar-refractivity contribution in [3.8, 4) is 0 Å². The van der Waals surface area contributed by atoms with E-state index in [-0.39, 0.29) is 29.8 Å². The third-order valence-corrected chi connectivity index (χ3v) is 7.75. The van der Waals surface area contributed by atoms with Crippen LogP contribution in [0.1, 0.15) is 25.0 Å². The standard InChI is InChI=1S/C18H22FN5O3S/c1-12-20-17(22-21-12)18-7-8-24(10-14(18)9-23(11-18)13(2)25)28(26,27)16-5-3-15(19)4-6-16/h3-6,14H,7-11H2,1-2H3,(H,20,21,22)/t14-,18+/m0/s1. The molecule has 1 aromatic heterocycles. The number of aromatic nitrogens is 3. The van der Waals surface area contributed by atoms with Crippen molar-refractivity contribution in [3.05, 3.63) is 41.7 Å². The van der Waals surface area contributed by atoms with Crippen molar-refractivity contribution in [1.29, 1.82) is 0 Å². The number of nitrogens with zero attached hydrogens (tertiary/aromatic N) is 4. The Balaban J connectivity index is 1.66. The molecular weight excluding hydrogens is 385 g/mol. The Morgan fingerprint density at radius 1 is 1.29 bits per heavy atom. The first-order valence-corrected chi connectivity index (χ1v) is 10.6. The Morgan fingerprint density at radius 2 is 2.00 bits per heavy atom. The number of aryl methyl sites for hydroxylation is 1. The van der Waals surface area contributed by atoms with E-state index in [1.54, 1.807) is 4.90 Å². The highest BCUT2D eigenvalue weighted by Crippen LogP contribution is 2.45. The van der Waals surface area contributed by atoms with Crippen LogP contribution in [0.15, 0.2) is 29.2 Å². The van der Waals surface area contributed by atoms with Crippen LogP contribution in [0.5, 0.6) is 0 Å². The highest BCUT2D eigenvalue weighted by atomic mass is 32.2. The molecule has 2 aromatic rings. The van der Waals surface area contributed by atoms with Gasteiger partial charge in [-0.25, -0.2) is 17.8 Å². The van der Waals surface area contributed by atoms with E-state index in [4.69, 9.17) is 0 Å². The van der Waals surface area contributed by atoms with Crippen molar-refractivity contribution in [3.63, 3.8) is 0 Å². The molecule has 0 aliphatic carbocycles. The molecule has 2 aliphatic rings. The summed E-state index contributed by atoms with van der Waals surface area (Å²) in [5, 5.41) is 7.20. The van der Waals surface area contributed by atoms with Gasteiger partial charge in [-0.15, -0.1) is 0 Å². The van der Waals surface area contributed by atoms with Gasteiger partial charge in [0.2, 0.25) is 15.9 Å². The summed E-state index contributed by atoms with van der Waals surface area (Å²) in [5.41, 5.74) is -0.467. The molecule has 2 saturated heterocycles. The number of rotatable bonds is 3. The molecule has 0 unspecified atom stereocenters. The Morgan fingerprint density at radius 3 is 2.61 bits per heavy atom. The maximum atomic E-state index is 13.2. The average molecular weight is 407 g/mol. The third-order valence-electron chi connectivity index (χ3n) is 5.87. The molecule has 0 radical (unpaired) electrons. The van der Waals surface area contributed by atoms with Crippen molar-refractivity contribution in [2.75, 3.05) is 26.2 Å². The van der Waals surface area contributed by atoms with Gasteiger partial charge in [0, 0.05) is 39.0 Å². The fourth-order valence-corrected chi connectivity index (χ4v) is 5.78. The van der Waals surface area contributed by atoms with Gasteiger partial charge in [-0.2, -0.15) is 9.40 Å². The summed E-state index contributed by atoms with van der Waals surface area (Å²) in [5.74, 6) is 0.678. The fraction of sp³-hybridized carbons (Fsp3) is 0.500. The van der Waals surface area contributed by atoms with Crippen LogP contribution >= 0.6 is 0 Å². The lowest BCUT2D eigenvalue weighted by atomic mass is 9.72. The molecule has 0 saturated carbocycles. The number of nitrogens with one attached hydrogen (secondary N) is 1. The number of fused-ring (bicyclic) bond motifs is 1. The van der Waals surface area contributed by atoms with Gasteiger partial charge in [0.1, 0.15) is 11.6 Å². The number of H-pyrrole nitrogens is 1. The molecule has 10 heteroatoms. The fourth-order valence-electron chi connectivity index (χ4n) is 4.30. The van der Waals surface area contributed by atoms with Crippen molar-refractivity contribution in [2.24, 2.45) is 5.92 Å². The second-order valence-electron chi connectivity index (χ2n) is 7.56. The van der Waals surface area contributed by atoms with Crippen LogP contribution in [0.3, 0.4) is 0 Å². The first kappa shape index (κ1) is 19.0. The van der Waals surface area contributed by atoms with Crippen molar-refractivity contribution >= 4 is 15.9 Å². The Hall–Kier alpha value is -2.33. The molecule has 8 nitrogen and oxygen atoms in total. The Kier molecular flexibility index (Phi) is 4.50. The number of amides is 1. The van der Waals surface area contributed by atoms with Crippen LogP contribution in [0.2, 0.25) is 0 Å². The number of likely N-dealkylation sites (tertiary alicyclic amines) is 1. The van der Waals surface area contributed by atoms with Crippen molar-refractivity contribution in [2.45, 2.75) is 30.6 Å². The van der Waals surface area contributed by atoms with Crippen LogP contribution < -0.4 is 0 Å². The first-order chi connectivity index (χ1) is 13.2. The van der Waals surface area contributed by atoms with Gasteiger partial charge in [0.15, 0.2) is 5.82 Å². The molecule has 28 heavy (non-hydrogen) atoms. The van der Waals surface area contributed by atoms with Crippen LogP contribution in [0.4, 0.5) is 4.39 Å². The van der Waals surface area contributed by atoms with E-state index in [2.05, 4.69) is 15.2 Å². The number of carbonyl (C=O) groups is 1. The SMILES string of the molecule is CC(=O)N1C[C@H]2CN(S(=O)(=O)c3ccc(F)cc3)CC[C@@]2(c2n[nH]c(C)n2)C1. The topological polar surface area (TPSA) is 99.3 Å². The molecule has 3 heterocycles. The molecule has 0 bridgehead atoms. The number of piperidine rings is 1. The molecule has 150 valence electrons. The van der Waals surface area contributed by atoms with Gasteiger partial charge < -0.3 is 4.90 Å². The zero-order chi connectivity index (χ0) is 20.1. The summed E-state index contributed by atoms with van der Waals surface area (Å²) < 4.78 is 40.7. The van der Waals surface area contributed by atoms with E-state index < -0.39 is 21.3 Å². The maximum Gasteiger partial charge on any atom is 0.243 e. The van der Waals surface area contributed by atoms with E-state index in [1.807, 2.05) is 6.92 Å². The van der Waals surface area contributed by atoms with E-state index in [9.17, 15) is 17.6 Å². The smallest absolute Gasteiger partial charge is 0.243 e. The zero-order valence-corrected chi connectivity index (χ0v) is 16.5.